The van der Waals surface area contributed by atoms with Crippen molar-refractivity contribution in [2.24, 2.45) is 0 Å². The van der Waals surface area contributed by atoms with Crippen molar-refractivity contribution in [3.8, 4) is 0 Å². The predicted octanol–water partition coefficient (Wildman–Crippen LogP) is 1.17. The summed E-state index contributed by atoms with van der Waals surface area (Å²) in [4.78, 5) is 6.22. The second kappa shape index (κ2) is 3.34. The summed E-state index contributed by atoms with van der Waals surface area (Å²) in [5.74, 6) is 0. The van der Waals surface area contributed by atoms with Gasteiger partial charge in [0.2, 0.25) is 0 Å². The molecule has 0 atom stereocenters. The van der Waals surface area contributed by atoms with Gasteiger partial charge in [-0.3, -0.25) is 4.98 Å². The SMILES string of the molecule is CN(c1ccncc1CO)C1CC1. The highest BCUT2D eigenvalue weighted by molar-refractivity contribution is 5.52. The second-order valence-electron chi connectivity index (χ2n) is 3.50. The quantitative estimate of drug-likeness (QED) is 0.754. The van der Waals surface area contributed by atoms with Crippen LogP contribution in [0.15, 0.2) is 18.5 Å². The number of aliphatic hydroxyl groups is 1. The number of anilines is 1. The lowest BCUT2D eigenvalue weighted by molar-refractivity contribution is 0.281. The van der Waals surface area contributed by atoms with Crippen LogP contribution in [-0.2, 0) is 6.61 Å². The zero-order valence-electron chi connectivity index (χ0n) is 7.77. The fourth-order valence-electron chi connectivity index (χ4n) is 1.54. The molecule has 1 aliphatic carbocycles. The molecule has 2 rings (SSSR count). The summed E-state index contributed by atoms with van der Waals surface area (Å²) < 4.78 is 0. The Morgan fingerprint density at radius 3 is 3.00 bits per heavy atom. The normalized spacial score (nSPS) is 15.8. The zero-order chi connectivity index (χ0) is 9.26. The number of aromatic nitrogens is 1. The predicted molar refractivity (Wildman–Crippen MR) is 51.6 cm³/mol. The standard InChI is InChI=1S/C10H14N2O/c1-12(9-2-3-9)10-4-5-11-6-8(10)7-13/h4-6,9,13H,2-3,7H2,1H3. The molecule has 1 aromatic heterocycles. The van der Waals surface area contributed by atoms with Gasteiger partial charge in [-0.1, -0.05) is 0 Å². The highest BCUT2D eigenvalue weighted by atomic mass is 16.3. The fraction of sp³-hybridized carbons (Fsp3) is 0.500. The van der Waals surface area contributed by atoms with Crippen LogP contribution in [0.2, 0.25) is 0 Å². The minimum absolute atomic E-state index is 0.0697. The molecule has 0 aliphatic heterocycles. The third-order valence-corrected chi connectivity index (χ3v) is 2.52. The lowest BCUT2D eigenvalue weighted by Crippen LogP contribution is -2.20. The van der Waals surface area contributed by atoms with Crippen molar-refractivity contribution in [1.82, 2.24) is 4.98 Å². The molecule has 3 nitrogen and oxygen atoms in total. The molecule has 1 fully saturated rings. The van der Waals surface area contributed by atoms with E-state index < -0.39 is 0 Å². The van der Waals surface area contributed by atoms with Gasteiger partial charge in [-0.2, -0.15) is 0 Å². The summed E-state index contributed by atoms with van der Waals surface area (Å²) in [5.41, 5.74) is 2.02. The first kappa shape index (κ1) is 8.51. The van der Waals surface area contributed by atoms with Gasteiger partial charge in [0.1, 0.15) is 0 Å². The summed E-state index contributed by atoms with van der Waals surface area (Å²) in [7, 11) is 2.08. The van der Waals surface area contributed by atoms with Crippen LogP contribution in [0, 0.1) is 0 Å². The van der Waals surface area contributed by atoms with Gasteiger partial charge in [0.25, 0.3) is 0 Å². The Balaban J connectivity index is 2.26. The van der Waals surface area contributed by atoms with Crippen LogP contribution in [-0.4, -0.2) is 23.2 Å². The van der Waals surface area contributed by atoms with Crippen LogP contribution in [0.3, 0.4) is 0 Å². The highest BCUT2D eigenvalue weighted by Crippen LogP contribution is 2.31. The number of nitrogens with zero attached hydrogens (tertiary/aromatic N) is 2. The fourth-order valence-corrected chi connectivity index (χ4v) is 1.54. The monoisotopic (exact) mass is 178 g/mol. The first-order valence-electron chi connectivity index (χ1n) is 4.59. The Morgan fingerprint density at radius 2 is 2.38 bits per heavy atom. The average molecular weight is 178 g/mol. The van der Waals surface area contributed by atoms with Gasteiger partial charge in [0.05, 0.1) is 6.61 Å². The van der Waals surface area contributed by atoms with Crippen molar-refractivity contribution in [3.63, 3.8) is 0 Å². The Hall–Kier alpha value is -1.09. The van der Waals surface area contributed by atoms with Crippen molar-refractivity contribution in [2.75, 3.05) is 11.9 Å². The molecule has 1 saturated carbocycles. The topological polar surface area (TPSA) is 36.4 Å². The molecule has 1 aromatic rings. The van der Waals surface area contributed by atoms with Gasteiger partial charge in [-0.25, -0.2) is 0 Å². The summed E-state index contributed by atoms with van der Waals surface area (Å²) in [6, 6.07) is 2.64. The third kappa shape index (κ3) is 1.65. The van der Waals surface area contributed by atoms with Gasteiger partial charge in [0.15, 0.2) is 0 Å². The van der Waals surface area contributed by atoms with Crippen molar-refractivity contribution in [1.29, 1.82) is 0 Å². The first-order chi connectivity index (χ1) is 6.33. The van der Waals surface area contributed by atoms with Crippen molar-refractivity contribution >= 4 is 5.69 Å². The van der Waals surface area contributed by atoms with Gasteiger partial charge in [-0.05, 0) is 18.9 Å². The van der Waals surface area contributed by atoms with E-state index in [-0.39, 0.29) is 6.61 Å². The summed E-state index contributed by atoms with van der Waals surface area (Å²) in [6.45, 7) is 0.0697. The zero-order valence-corrected chi connectivity index (χ0v) is 7.77. The Morgan fingerprint density at radius 1 is 1.62 bits per heavy atom. The van der Waals surface area contributed by atoms with Crippen molar-refractivity contribution < 1.29 is 5.11 Å². The van der Waals surface area contributed by atoms with E-state index >= 15 is 0 Å². The molecule has 1 aliphatic rings. The number of hydrogen-bond acceptors (Lipinski definition) is 3. The Kier molecular flexibility index (Phi) is 2.19. The smallest absolute Gasteiger partial charge is 0.0717 e. The molecule has 3 heteroatoms. The molecule has 1 N–H and O–H groups in total. The molecular formula is C10H14N2O. The molecule has 70 valence electrons. The molecule has 0 aromatic carbocycles. The van der Waals surface area contributed by atoms with Crippen molar-refractivity contribution in [2.45, 2.75) is 25.5 Å². The lowest BCUT2D eigenvalue weighted by atomic mass is 10.2. The van der Waals surface area contributed by atoms with Crippen LogP contribution in [0.5, 0.6) is 0 Å². The summed E-state index contributed by atoms with van der Waals surface area (Å²) in [6.07, 6.45) is 6.04. The molecule has 0 unspecified atom stereocenters. The molecule has 13 heavy (non-hydrogen) atoms. The van der Waals surface area contributed by atoms with E-state index in [9.17, 15) is 0 Å². The number of pyridine rings is 1. The number of aliphatic hydroxyl groups excluding tert-OH is 1. The molecule has 0 bridgehead atoms. The molecule has 1 heterocycles. The molecule has 0 spiro atoms. The maximum absolute atomic E-state index is 9.10. The minimum Gasteiger partial charge on any atom is -0.392 e. The molecule has 0 saturated heterocycles. The van der Waals surface area contributed by atoms with Crippen LogP contribution < -0.4 is 4.90 Å². The van der Waals surface area contributed by atoms with E-state index in [1.165, 1.54) is 12.8 Å². The van der Waals surface area contributed by atoms with Gasteiger partial charge in [-0.15, -0.1) is 0 Å². The molecule has 0 amide bonds. The summed E-state index contributed by atoms with van der Waals surface area (Å²) >= 11 is 0. The number of rotatable bonds is 3. The van der Waals surface area contributed by atoms with Gasteiger partial charge >= 0.3 is 0 Å². The van der Waals surface area contributed by atoms with E-state index in [1.807, 2.05) is 6.07 Å². The Labute approximate surface area is 78.0 Å². The molecule has 0 radical (unpaired) electrons. The van der Waals surface area contributed by atoms with Gasteiger partial charge < -0.3 is 10.0 Å². The average Bonchev–Trinajstić information content (AvgIpc) is 3.00. The van der Waals surface area contributed by atoms with Crippen LogP contribution in [0.1, 0.15) is 18.4 Å². The Bertz CT molecular complexity index is 297. The van der Waals surface area contributed by atoms with Crippen LogP contribution >= 0.6 is 0 Å². The van der Waals surface area contributed by atoms with Crippen LogP contribution in [0.4, 0.5) is 5.69 Å². The van der Waals surface area contributed by atoms with E-state index in [1.54, 1.807) is 12.4 Å². The minimum atomic E-state index is 0.0697. The largest absolute Gasteiger partial charge is 0.392 e. The molecular weight excluding hydrogens is 164 g/mol. The van der Waals surface area contributed by atoms with E-state index in [4.69, 9.17) is 5.11 Å². The van der Waals surface area contributed by atoms with Gasteiger partial charge in [0, 0.05) is 36.7 Å². The lowest BCUT2D eigenvalue weighted by Gasteiger charge is -2.20. The second-order valence-corrected chi connectivity index (χ2v) is 3.50. The first-order valence-corrected chi connectivity index (χ1v) is 4.59. The van der Waals surface area contributed by atoms with Crippen LogP contribution in [0.25, 0.3) is 0 Å². The number of hydrogen-bond donors (Lipinski definition) is 1. The highest BCUT2D eigenvalue weighted by Gasteiger charge is 2.27. The summed E-state index contributed by atoms with van der Waals surface area (Å²) in [5, 5.41) is 9.10. The van der Waals surface area contributed by atoms with Crippen molar-refractivity contribution in [3.05, 3.63) is 24.0 Å². The maximum atomic E-state index is 9.10. The third-order valence-electron chi connectivity index (χ3n) is 2.52. The van der Waals surface area contributed by atoms with E-state index in [0.717, 1.165) is 11.3 Å². The maximum Gasteiger partial charge on any atom is 0.0717 e. The van der Waals surface area contributed by atoms with E-state index in [2.05, 4.69) is 16.9 Å². The van der Waals surface area contributed by atoms with E-state index in [0.29, 0.717) is 6.04 Å².